The quantitative estimate of drug-likeness (QED) is 0.631. The zero-order valence-corrected chi connectivity index (χ0v) is 16.8. The molecule has 0 aromatic carbocycles. The van der Waals surface area contributed by atoms with Crippen molar-refractivity contribution >= 4 is 16.9 Å². The summed E-state index contributed by atoms with van der Waals surface area (Å²) in [5.74, 6) is 4.04. The maximum atomic E-state index is 11.6. The lowest BCUT2D eigenvalue weighted by Gasteiger charge is -2.37. The molecule has 0 saturated carbocycles. The largest absolute Gasteiger partial charge is 0.383 e. The zero-order valence-electron chi connectivity index (χ0n) is 16.8. The van der Waals surface area contributed by atoms with E-state index < -0.39 is 5.60 Å². The number of aromatic nitrogens is 5. The van der Waals surface area contributed by atoms with Crippen LogP contribution < -0.4 is 4.90 Å². The number of nitrogens with zero attached hydrogens (tertiary/aromatic N) is 5. The number of ether oxygens (including phenoxy) is 2. The molecule has 0 radical (unpaired) electrons. The minimum atomic E-state index is -1.17. The molecule has 2 N–H and O–H groups in total. The standard InChI is InChI=1S/C21H24N6O3/c1-3-15-4-6-21(28,13-30-15)17-10-19(26-8-9-29-12-14(26)2)24-20-16(17)11-23-27(20)18-5-7-22-25-18/h1,5,7,10-11,14-15,28H,4,6,8-9,12-13H2,2H3,(H,22,25)/t14-,15?,21?/m1/s1. The molecule has 3 atom stereocenters. The Morgan fingerprint density at radius 3 is 3.00 bits per heavy atom. The Bertz CT molecular complexity index is 1080. The van der Waals surface area contributed by atoms with Gasteiger partial charge >= 0.3 is 0 Å². The van der Waals surface area contributed by atoms with Crippen LogP contribution in [-0.4, -0.2) is 68.6 Å². The van der Waals surface area contributed by atoms with Gasteiger partial charge in [-0.3, -0.25) is 5.10 Å². The number of nitrogens with one attached hydrogen (secondary N) is 1. The van der Waals surface area contributed by atoms with E-state index in [1.54, 1.807) is 17.1 Å². The number of hydrogen-bond acceptors (Lipinski definition) is 7. The Kier molecular flexibility index (Phi) is 4.70. The Morgan fingerprint density at radius 1 is 1.40 bits per heavy atom. The van der Waals surface area contributed by atoms with Crippen LogP contribution in [0.25, 0.3) is 16.9 Å². The van der Waals surface area contributed by atoms with Gasteiger partial charge in [0.2, 0.25) is 0 Å². The lowest BCUT2D eigenvalue weighted by Crippen LogP contribution is -2.44. The van der Waals surface area contributed by atoms with Gasteiger partial charge in [-0.2, -0.15) is 14.9 Å². The van der Waals surface area contributed by atoms with Crippen molar-refractivity contribution in [2.75, 3.05) is 31.3 Å². The van der Waals surface area contributed by atoms with E-state index in [1.807, 2.05) is 12.1 Å². The van der Waals surface area contributed by atoms with Gasteiger partial charge in [-0.25, -0.2) is 4.98 Å². The van der Waals surface area contributed by atoms with Crippen molar-refractivity contribution in [2.24, 2.45) is 0 Å². The van der Waals surface area contributed by atoms with E-state index in [2.05, 4.69) is 33.0 Å². The number of hydrogen-bond donors (Lipinski definition) is 2. The van der Waals surface area contributed by atoms with Gasteiger partial charge in [-0.15, -0.1) is 6.42 Å². The first-order valence-corrected chi connectivity index (χ1v) is 10.1. The van der Waals surface area contributed by atoms with Gasteiger partial charge in [0.25, 0.3) is 0 Å². The number of anilines is 1. The summed E-state index contributed by atoms with van der Waals surface area (Å²) in [6.45, 7) is 4.22. The summed E-state index contributed by atoms with van der Waals surface area (Å²) in [5.41, 5.74) is 0.220. The molecule has 0 bridgehead atoms. The summed E-state index contributed by atoms with van der Waals surface area (Å²) in [5, 5.41) is 23.9. The molecule has 0 spiro atoms. The molecule has 0 aliphatic carbocycles. The van der Waals surface area contributed by atoms with Gasteiger partial charge in [0.1, 0.15) is 17.5 Å². The molecule has 3 aromatic rings. The Labute approximate surface area is 174 Å². The number of aliphatic hydroxyl groups is 1. The fourth-order valence-corrected chi connectivity index (χ4v) is 4.23. The molecule has 30 heavy (non-hydrogen) atoms. The van der Waals surface area contributed by atoms with E-state index in [1.165, 1.54) is 0 Å². The van der Waals surface area contributed by atoms with Crippen LogP contribution in [0.5, 0.6) is 0 Å². The van der Waals surface area contributed by atoms with Crippen LogP contribution in [0.4, 0.5) is 5.82 Å². The highest BCUT2D eigenvalue weighted by Gasteiger charge is 2.38. The molecule has 2 fully saturated rings. The molecule has 9 nitrogen and oxygen atoms in total. The molecule has 0 amide bonds. The molecule has 5 rings (SSSR count). The van der Waals surface area contributed by atoms with E-state index in [-0.39, 0.29) is 18.8 Å². The van der Waals surface area contributed by atoms with E-state index in [4.69, 9.17) is 20.9 Å². The number of H-pyrrole nitrogens is 1. The normalized spacial score (nSPS) is 27.3. The van der Waals surface area contributed by atoms with Crippen molar-refractivity contribution in [3.63, 3.8) is 0 Å². The third-order valence-electron chi connectivity index (χ3n) is 5.92. The van der Waals surface area contributed by atoms with Gasteiger partial charge in [0.15, 0.2) is 11.5 Å². The number of aromatic amines is 1. The summed E-state index contributed by atoms with van der Waals surface area (Å²) in [7, 11) is 0. The molecule has 5 heterocycles. The van der Waals surface area contributed by atoms with Crippen LogP contribution in [0.1, 0.15) is 25.3 Å². The van der Waals surface area contributed by atoms with Crippen LogP contribution in [0.15, 0.2) is 24.5 Å². The molecule has 2 saturated heterocycles. The van der Waals surface area contributed by atoms with Gasteiger partial charge in [-0.1, -0.05) is 5.92 Å². The summed E-state index contributed by atoms with van der Waals surface area (Å²) >= 11 is 0. The second-order valence-corrected chi connectivity index (χ2v) is 7.91. The number of terminal acetylenes is 1. The van der Waals surface area contributed by atoms with Crippen molar-refractivity contribution in [1.29, 1.82) is 0 Å². The minimum Gasteiger partial charge on any atom is -0.383 e. The van der Waals surface area contributed by atoms with E-state index in [9.17, 15) is 5.11 Å². The van der Waals surface area contributed by atoms with Crippen molar-refractivity contribution in [3.8, 4) is 18.2 Å². The van der Waals surface area contributed by atoms with Crippen molar-refractivity contribution in [1.82, 2.24) is 25.0 Å². The molecule has 2 aliphatic heterocycles. The van der Waals surface area contributed by atoms with E-state index >= 15 is 0 Å². The highest BCUT2D eigenvalue weighted by molar-refractivity contribution is 5.83. The Hall–Kier alpha value is -2.93. The van der Waals surface area contributed by atoms with Gasteiger partial charge in [0.05, 0.1) is 32.1 Å². The maximum absolute atomic E-state index is 11.6. The van der Waals surface area contributed by atoms with E-state index in [0.29, 0.717) is 37.5 Å². The minimum absolute atomic E-state index is 0.132. The Balaban J connectivity index is 1.66. The molecule has 2 unspecified atom stereocenters. The van der Waals surface area contributed by atoms with Gasteiger partial charge in [-0.05, 0) is 25.8 Å². The lowest BCUT2D eigenvalue weighted by molar-refractivity contribution is -0.108. The molecule has 9 heteroatoms. The topological polar surface area (TPSA) is 101 Å². The van der Waals surface area contributed by atoms with Crippen LogP contribution in [0.2, 0.25) is 0 Å². The highest BCUT2D eigenvalue weighted by Crippen LogP contribution is 2.38. The van der Waals surface area contributed by atoms with Crippen LogP contribution in [0.3, 0.4) is 0 Å². The van der Waals surface area contributed by atoms with Crippen molar-refractivity contribution in [3.05, 3.63) is 30.1 Å². The number of rotatable bonds is 3. The van der Waals surface area contributed by atoms with Crippen LogP contribution in [0, 0.1) is 12.3 Å². The average molecular weight is 408 g/mol. The third kappa shape index (κ3) is 3.13. The molecule has 2 aliphatic rings. The van der Waals surface area contributed by atoms with Gasteiger partial charge in [0, 0.05) is 29.8 Å². The first-order chi connectivity index (χ1) is 14.6. The summed E-state index contributed by atoms with van der Waals surface area (Å²) in [4.78, 5) is 7.12. The fourth-order valence-electron chi connectivity index (χ4n) is 4.23. The first-order valence-electron chi connectivity index (χ1n) is 10.1. The predicted octanol–water partition coefficient (Wildman–Crippen LogP) is 1.37. The number of morpholine rings is 1. The monoisotopic (exact) mass is 408 g/mol. The maximum Gasteiger partial charge on any atom is 0.177 e. The zero-order chi connectivity index (χ0) is 20.7. The summed E-state index contributed by atoms with van der Waals surface area (Å²) in [6.07, 6.45) is 9.80. The second kappa shape index (κ2) is 7.40. The van der Waals surface area contributed by atoms with E-state index in [0.717, 1.165) is 23.3 Å². The molecule has 3 aromatic heterocycles. The van der Waals surface area contributed by atoms with Gasteiger partial charge < -0.3 is 19.5 Å². The van der Waals surface area contributed by atoms with Crippen molar-refractivity contribution in [2.45, 2.75) is 37.5 Å². The average Bonchev–Trinajstić information content (AvgIpc) is 3.43. The first kappa shape index (κ1) is 19.1. The fraction of sp³-hybridized carbons (Fsp3) is 0.476. The highest BCUT2D eigenvalue weighted by atomic mass is 16.5. The van der Waals surface area contributed by atoms with Crippen LogP contribution in [-0.2, 0) is 15.1 Å². The van der Waals surface area contributed by atoms with Crippen molar-refractivity contribution < 1.29 is 14.6 Å². The summed E-state index contributed by atoms with van der Waals surface area (Å²) in [6, 6.07) is 3.95. The molecular formula is C21H24N6O3. The summed E-state index contributed by atoms with van der Waals surface area (Å²) < 4.78 is 13.0. The SMILES string of the molecule is C#CC1CCC(O)(c2cc(N3CCOC[C@H]3C)nc3c2cnn3-c2cc[nH]n2)CO1. The van der Waals surface area contributed by atoms with Crippen LogP contribution >= 0.6 is 0 Å². The predicted molar refractivity (Wildman–Crippen MR) is 110 cm³/mol. The number of pyridine rings is 1. The lowest BCUT2D eigenvalue weighted by atomic mass is 9.85. The smallest absolute Gasteiger partial charge is 0.177 e. The third-order valence-corrected chi connectivity index (χ3v) is 5.92. The molecule has 156 valence electrons. The molecular weight excluding hydrogens is 384 g/mol. The second-order valence-electron chi connectivity index (χ2n) is 7.91. The number of fused-ring (bicyclic) bond motifs is 1. The Morgan fingerprint density at radius 2 is 2.30 bits per heavy atom.